The Morgan fingerprint density at radius 1 is 1.37 bits per heavy atom. The van der Waals surface area contributed by atoms with E-state index in [9.17, 15) is 9.90 Å². The van der Waals surface area contributed by atoms with Gasteiger partial charge >= 0.3 is 5.97 Å². The fourth-order valence-corrected chi connectivity index (χ4v) is 2.90. The van der Waals surface area contributed by atoms with Crippen LogP contribution in [0.15, 0.2) is 30.5 Å². The third kappa shape index (κ3) is 1.94. The van der Waals surface area contributed by atoms with E-state index in [0.29, 0.717) is 21.4 Å². The average molecular weight is 294 g/mol. The Kier molecular flexibility index (Phi) is 2.69. The zero-order chi connectivity index (χ0) is 13.6. The van der Waals surface area contributed by atoms with Crippen molar-refractivity contribution in [3.05, 3.63) is 40.5 Å². The van der Waals surface area contributed by atoms with E-state index in [2.05, 4.69) is 4.98 Å². The second-order valence-corrected chi connectivity index (χ2v) is 5.63. The lowest BCUT2D eigenvalue weighted by Crippen LogP contribution is -1.97. The van der Waals surface area contributed by atoms with Gasteiger partial charge < -0.3 is 10.8 Å². The summed E-state index contributed by atoms with van der Waals surface area (Å²) in [5.74, 6) is -0.548. The van der Waals surface area contributed by atoms with E-state index in [-0.39, 0.29) is 5.69 Å². The largest absolute Gasteiger partial charge is 0.476 e. The molecule has 96 valence electrons. The van der Waals surface area contributed by atoms with Crippen molar-refractivity contribution in [1.82, 2.24) is 9.38 Å². The fourth-order valence-electron chi connectivity index (χ4n) is 1.87. The van der Waals surface area contributed by atoms with Crippen molar-refractivity contribution in [2.24, 2.45) is 0 Å². The van der Waals surface area contributed by atoms with Gasteiger partial charge in [-0.25, -0.2) is 9.78 Å². The van der Waals surface area contributed by atoms with Crippen LogP contribution < -0.4 is 5.73 Å². The lowest BCUT2D eigenvalue weighted by molar-refractivity contribution is 0.0693. The summed E-state index contributed by atoms with van der Waals surface area (Å²) in [7, 11) is 0. The highest BCUT2D eigenvalue weighted by Gasteiger charge is 2.18. The van der Waals surface area contributed by atoms with Gasteiger partial charge in [0, 0.05) is 11.9 Å². The molecule has 0 fully saturated rings. The lowest BCUT2D eigenvalue weighted by atomic mass is 10.3. The highest BCUT2D eigenvalue weighted by atomic mass is 35.5. The summed E-state index contributed by atoms with van der Waals surface area (Å²) in [5.41, 5.74) is 6.78. The van der Waals surface area contributed by atoms with Gasteiger partial charge in [0.15, 0.2) is 11.5 Å². The predicted molar refractivity (Wildman–Crippen MR) is 74.9 cm³/mol. The van der Waals surface area contributed by atoms with Crippen LogP contribution in [-0.4, -0.2) is 20.5 Å². The average Bonchev–Trinajstić information content (AvgIpc) is 2.92. The molecule has 0 unspecified atom stereocenters. The number of carbonyl (C=O) groups is 1. The number of rotatable bonds is 2. The van der Waals surface area contributed by atoms with Gasteiger partial charge in [0.2, 0.25) is 0 Å². The Morgan fingerprint density at radius 2 is 2.16 bits per heavy atom. The molecule has 0 aliphatic carbocycles. The highest BCUT2D eigenvalue weighted by Crippen LogP contribution is 2.32. The van der Waals surface area contributed by atoms with E-state index in [0.717, 1.165) is 4.88 Å². The SMILES string of the molecule is Nc1ccc2c(C(=O)O)nc(-c3ccc(Cl)s3)n2c1. The van der Waals surface area contributed by atoms with E-state index < -0.39 is 5.97 Å². The normalized spacial score (nSPS) is 11.0. The maximum absolute atomic E-state index is 11.2. The minimum Gasteiger partial charge on any atom is -0.476 e. The van der Waals surface area contributed by atoms with Crippen LogP contribution in [0.2, 0.25) is 4.34 Å². The number of nitrogen functional groups attached to an aromatic ring is 1. The Labute approximate surface area is 116 Å². The summed E-state index contributed by atoms with van der Waals surface area (Å²) in [6, 6.07) is 6.84. The summed E-state index contributed by atoms with van der Waals surface area (Å²) in [6.07, 6.45) is 1.65. The van der Waals surface area contributed by atoms with E-state index in [1.165, 1.54) is 11.3 Å². The number of hydrogen-bond acceptors (Lipinski definition) is 4. The molecule has 3 N–H and O–H groups in total. The molecule has 3 rings (SSSR count). The maximum Gasteiger partial charge on any atom is 0.356 e. The molecule has 0 aromatic carbocycles. The third-order valence-electron chi connectivity index (χ3n) is 2.66. The maximum atomic E-state index is 11.2. The molecule has 0 aliphatic heterocycles. The molecular weight excluding hydrogens is 286 g/mol. The van der Waals surface area contributed by atoms with Gasteiger partial charge in [-0.3, -0.25) is 4.40 Å². The van der Waals surface area contributed by atoms with Gasteiger partial charge in [0.1, 0.15) is 0 Å². The molecule has 19 heavy (non-hydrogen) atoms. The number of pyridine rings is 1. The minimum atomic E-state index is -1.07. The molecule has 0 bridgehead atoms. The standard InChI is InChI=1S/C12H8ClN3O2S/c13-9-4-3-8(19-9)11-15-10(12(17)18)7-2-1-6(14)5-16(7)11/h1-5H,14H2,(H,17,18). The van der Waals surface area contributed by atoms with Gasteiger partial charge in [0.25, 0.3) is 0 Å². The van der Waals surface area contributed by atoms with Crippen LogP contribution in [0, 0.1) is 0 Å². The number of thiophene rings is 1. The van der Waals surface area contributed by atoms with Crippen LogP contribution in [0.4, 0.5) is 5.69 Å². The smallest absolute Gasteiger partial charge is 0.356 e. The number of imidazole rings is 1. The van der Waals surface area contributed by atoms with Gasteiger partial charge in [-0.05, 0) is 24.3 Å². The number of aromatic nitrogens is 2. The molecule has 0 saturated carbocycles. The highest BCUT2D eigenvalue weighted by molar-refractivity contribution is 7.19. The molecule has 0 spiro atoms. The molecule has 0 atom stereocenters. The number of carboxylic acid groups (broad SMARTS) is 1. The number of aromatic carboxylic acids is 1. The Balaban J connectivity index is 2.35. The van der Waals surface area contributed by atoms with Crippen LogP contribution in [0.1, 0.15) is 10.5 Å². The third-order valence-corrected chi connectivity index (χ3v) is 3.88. The van der Waals surface area contributed by atoms with Crippen molar-refractivity contribution < 1.29 is 9.90 Å². The second kappa shape index (κ2) is 4.25. The zero-order valence-electron chi connectivity index (χ0n) is 9.50. The number of halogens is 1. The molecule has 0 amide bonds. The number of nitrogens with zero attached hydrogens (tertiary/aromatic N) is 2. The number of hydrogen-bond donors (Lipinski definition) is 2. The van der Waals surface area contributed by atoms with E-state index in [4.69, 9.17) is 17.3 Å². The fraction of sp³-hybridized carbons (Fsp3) is 0. The first-order valence-electron chi connectivity index (χ1n) is 5.33. The summed E-state index contributed by atoms with van der Waals surface area (Å²) < 4.78 is 2.29. The molecule has 3 aromatic heterocycles. The summed E-state index contributed by atoms with van der Waals surface area (Å²) >= 11 is 7.24. The number of nitrogens with two attached hydrogens (primary N) is 1. The van der Waals surface area contributed by atoms with Crippen LogP contribution >= 0.6 is 22.9 Å². The molecule has 0 aliphatic rings. The molecule has 7 heteroatoms. The van der Waals surface area contributed by atoms with E-state index >= 15 is 0 Å². The second-order valence-electron chi connectivity index (χ2n) is 3.91. The topological polar surface area (TPSA) is 80.6 Å². The van der Waals surface area contributed by atoms with Gasteiger partial charge in [0.05, 0.1) is 14.7 Å². The number of fused-ring (bicyclic) bond motifs is 1. The van der Waals surface area contributed by atoms with Crippen molar-refractivity contribution in [3.63, 3.8) is 0 Å². The van der Waals surface area contributed by atoms with Gasteiger partial charge in [-0.1, -0.05) is 11.6 Å². The van der Waals surface area contributed by atoms with E-state index in [1.807, 2.05) is 0 Å². The number of anilines is 1. The molecule has 0 radical (unpaired) electrons. The van der Waals surface area contributed by atoms with Gasteiger partial charge in [-0.15, -0.1) is 11.3 Å². The molecule has 3 heterocycles. The van der Waals surface area contributed by atoms with Crippen LogP contribution in [0.25, 0.3) is 16.2 Å². The van der Waals surface area contributed by atoms with Crippen LogP contribution in [-0.2, 0) is 0 Å². The van der Waals surface area contributed by atoms with Crippen molar-refractivity contribution in [1.29, 1.82) is 0 Å². The number of carboxylic acids is 1. The van der Waals surface area contributed by atoms with Crippen molar-refractivity contribution in [3.8, 4) is 10.7 Å². The van der Waals surface area contributed by atoms with Crippen molar-refractivity contribution in [2.45, 2.75) is 0 Å². The molecule has 3 aromatic rings. The summed E-state index contributed by atoms with van der Waals surface area (Å²) in [4.78, 5) is 16.2. The first kappa shape index (κ1) is 12.0. The Hall–Kier alpha value is -2.05. The molecular formula is C12H8ClN3O2S. The summed E-state index contributed by atoms with van der Waals surface area (Å²) in [5, 5.41) is 9.19. The van der Waals surface area contributed by atoms with Crippen molar-refractivity contribution >= 4 is 40.1 Å². The predicted octanol–water partition coefficient (Wildman–Crippen LogP) is 3.00. The Morgan fingerprint density at radius 3 is 2.79 bits per heavy atom. The first-order valence-corrected chi connectivity index (χ1v) is 6.52. The van der Waals surface area contributed by atoms with Gasteiger partial charge in [-0.2, -0.15) is 0 Å². The minimum absolute atomic E-state index is 0.000442. The van der Waals surface area contributed by atoms with Crippen LogP contribution in [0.5, 0.6) is 0 Å². The molecule has 5 nitrogen and oxygen atoms in total. The quantitative estimate of drug-likeness (QED) is 0.761. The van der Waals surface area contributed by atoms with Crippen molar-refractivity contribution in [2.75, 3.05) is 5.73 Å². The lowest BCUT2D eigenvalue weighted by Gasteiger charge is -2.00. The molecule has 0 saturated heterocycles. The zero-order valence-corrected chi connectivity index (χ0v) is 11.1. The first-order chi connectivity index (χ1) is 9.06. The van der Waals surface area contributed by atoms with Crippen LogP contribution in [0.3, 0.4) is 0 Å². The summed E-state index contributed by atoms with van der Waals surface area (Å²) in [6.45, 7) is 0. The van der Waals surface area contributed by atoms with E-state index in [1.54, 1.807) is 34.9 Å². The monoisotopic (exact) mass is 293 g/mol. The Bertz CT molecular complexity index is 793.